The van der Waals surface area contributed by atoms with Crippen LogP contribution in [-0.2, 0) is 20.1 Å². The van der Waals surface area contributed by atoms with Crippen LogP contribution in [0, 0.1) is 13.8 Å². The first-order chi connectivity index (χ1) is 9.66. The predicted molar refractivity (Wildman–Crippen MR) is 85.1 cm³/mol. The summed E-state index contributed by atoms with van der Waals surface area (Å²) in [4.78, 5) is 4.48. The number of nitrogens with zero attached hydrogens (tertiary/aromatic N) is 2. The lowest BCUT2D eigenvalue weighted by Crippen LogP contribution is -2.15. The first-order valence-electron chi connectivity index (χ1n) is 6.81. The molecule has 20 heavy (non-hydrogen) atoms. The van der Waals surface area contributed by atoms with Crippen LogP contribution in [0.4, 0.5) is 0 Å². The van der Waals surface area contributed by atoms with E-state index in [2.05, 4.69) is 58.5 Å². The first-order valence-corrected chi connectivity index (χ1v) is 7.69. The van der Waals surface area contributed by atoms with E-state index in [4.69, 9.17) is 0 Å². The monoisotopic (exact) mass is 285 g/mol. The SMILES string of the molecule is Cc1csc(CNCc2c(C)c3ccccc3n2C)n1. The summed E-state index contributed by atoms with van der Waals surface area (Å²) in [6.45, 7) is 5.94. The number of hydrogen-bond donors (Lipinski definition) is 1. The highest BCUT2D eigenvalue weighted by atomic mass is 32.1. The Morgan fingerprint density at radius 1 is 1.20 bits per heavy atom. The zero-order valence-electron chi connectivity index (χ0n) is 12.1. The van der Waals surface area contributed by atoms with Crippen molar-refractivity contribution in [2.45, 2.75) is 26.9 Å². The van der Waals surface area contributed by atoms with E-state index in [0.29, 0.717) is 0 Å². The maximum Gasteiger partial charge on any atom is 0.107 e. The molecule has 0 radical (unpaired) electrons. The fourth-order valence-electron chi connectivity index (χ4n) is 2.66. The summed E-state index contributed by atoms with van der Waals surface area (Å²) in [6, 6.07) is 8.57. The van der Waals surface area contributed by atoms with Crippen molar-refractivity contribution >= 4 is 22.2 Å². The molecule has 2 aromatic heterocycles. The van der Waals surface area contributed by atoms with Gasteiger partial charge in [-0.3, -0.25) is 0 Å². The molecule has 0 amide bonds. The maximum absolute atomic E-state index is 4.48. The standard InChI is InChI=1S/C16H19N3S/c1-11-10-20-16(18-11)9-17-8-15-12(2)13-6-4-5-7-14(13)19(15)3/h4-7,10,17H,8-9H2,1-3H3. The lowest BCUT2D eigenvalue weighted by molar-refractivity contribution is 0.653. The third-order valence-electron chi connectivity index (χ3n) is 3.74. The molecule has 0 fully saturated rings. The molecule has 1 aromatic carbocycles. The lowest BCUT2D eigenvalue weighted by atomic mass is 10.1. The Kier molecular flexibility index (Phi) is 3.59. The molecule has 0 atom stereocenters. The van der Waals surface area contributed by atoms with E-state index in [0.717, 1.165) is 23.8 Å². The van der Waals surface area contributed by atoms with Gasteiger partial charge in [0.1, 0.15) is 5.01 Å². The van der Waals surface area contributed by atoms with Crippen molar-refractivity contribution in [3.63, 3.8) is 0 Å². The van der Waals surface area contributed by atoms with E-state index < -0.39 is 0 Å². The van der Waals surface area contributed by atoms with Crippen LogP contribution in [-0.4, -0.2) is 9.55 Å². The van der Waals surface area contributed by atoms with Crippen molar-refractivity contribution in [2.75, 3.05) is 0 Å². The van der Waals surface area contributed by atoms with Crippen molar-refractivity contribution in [2.24, 2.45) is 7.05 Å². The molecule has 3 nitrogen and oxygen atoms in total. The molecule has 0 aliphatic rings. The molecular formula is C16H19N3S. The molecule has 2 heterocycles. The van der Waals surface area contributed by atoms with Crippen LogP contribution in [0.5, 0.6) is 0 Å². The van der Waals surface area contributed by atoms with E-state index in [-0.39, 0.29) is 0 Å². The van der Waals surface area contributed by atoms with Crippen molar-refractivity contribution < 1.29 is 0 Å². The summed E-state index contributed by atoms with van der Waals surface area (Å²) in [7, 11) is 2.14. The summed E-state index contributed by atoms with van der Waals surface area (Å²) in [6.07, 6.45) is 0. The highest BCUT2D eigenvalue weighted by Crippen LogP contribution is 2.24. The molecule has 0 unspecified atom stereocenters. The summed E-state index contributed by atoms with van der Waals surface area (Å²) in [5.41, 5.74) is 5.12. The largest absolute Gasteiger partial charge is 0.346 e. The minimum Gasteiger partial charge on any atom is -0.346 e. The molecule has 1 N–H and O–H groups in total. The van der Waals surface area contributed by atoms with Crippen LogP contribution < -0.4 is 5.32 Å². The number of aryl methyl sites for hydroxylation is 3. The van der Waals surface area contributed by atoms with Crippen LogP contribution in [0.2, 0.25) is 0 Å². The number of benzene rings is 1. The summed E-state index contributed by atoms with van der Waals surface area (Å²) < 4.78 is 2.28. The average Bonchev–Trinajstić information content (AvgIpc) is 2.97. The Hall–Kier alpha value is -1.65. The predicted octanol–water partition coefficient (Wildman–Crippen LogP) is 3.54. The Bertz CT molecular complexity index is 700. The Labute approximate surface area is 123 Å². The number of aromatic nitrogens is 2. The highest BCUT2D eigenvalue weighted by Gasteiger charge is 2.10. The quantitative estimate of drug-likeness (QED) is 0.794. The second-order valence-corrected chi connectivity index (χ2v) is 6.08. The van der Waals surface area contributed by atoms with Gasteiger partial charge in [-0.05, 0) is 25.5 Å². The summed E-state index contributed by atoms with van der Waals surface area (Å²) >= 11 is 1.72. The normalized spacial score (nSPS) is 11.3. The van der Waals surface area contributed by atoms with Gasteiger partial charge in [0.15, 0.2) is 0 Å². The van der Waals surface area contributed by atoms with Gasteiger partial charge in [0.05, 0.1) is 0 Å². The Morgan fingerprint density at radius 3 is 2.70 bits per heavy atom. The number of fused-ring (bicyclic) bond motifs is 1. The molecule has 3 aromatic rings. The van der Waals surface area contributed by atoms with Crippen molar-refractivity contribution in [3.05, 3.63) is 51.6 Å². The van der Waals surface area contributed by atoms with Crippen LogP contribution in [0.1, 0.15) is 22.0 Å². The van der Waals surface area contributed by atoms with Crippen molar-refractivity contribution in [3.8, 4) is 0 Å². The molecule has 0 aliphatic heterocycles. The van der Waals surface area contributed by atoms with E-state index in [1.165, 1.54) is 22.2 Å². The van der Waals surface area contributed by atoms with Gasteiger partial charge in [0.25, 0.3) is 0 Å². The molecule has 0 bridgehead atoms. The molecule has 0 aliphatic carbocycles. The third kappa shape index (κ3) is 2.37. The number of rotatable bonds is 4. The van der Waals surface area contributed by atoms with Gasteiger partial charge < -0.3 is 9.88 Å². The van der Waals surface area contributed by atoms with Gasteiger partial charge in [-0.25, -0.2) is 4.98 Å². The van der Waals surface area contributed by atoms with Crippen LogP contribution in [0.15, 0.2) is 29.6 Å². The molecule has 4 heteroatoms. The van der Waals surface area contributed by atoms with Crippen molar-refractivity contribution in [1.82, 2.24) is 14.9 Å². The molecule has 3 rings (SSSR count). The van der Waals surface area contributed by atoms with E-state index in [1.807, 2.05) is 6.92 Å². The first kappa shape index (κ1) is 13.3. The number of thiazole rings is 1. The maximum atomic E-state index is 4.48. The zero-order valence-corrected chi connectivity index (χ0v) is 12.9. The molecular weight excluding hydrogens is 266 g/mol. The van der Waals surface area contributed by atoms with E-state index in [1.54, 1.807) is 11.3 Å². The lowest BCUT2D eigenvalue weighted by Gasteiger charge is -2.06. The topological polar surface area (TPSA) is 29.9 Å². The van der Waals surface area contributed by atoms with Gasteiger partial charge in [-0.2, -0.15) is 0 Å². The fraction of sp³-hybridized carbons (Fsp3) is 0.312. The molecule has 0 saturated carbocycles. The van der Waals surface area contributed by atoms with Crippen LogP contribution in [0.3, 0.4) is 0 Å². The van der Waals surface area contributed by atoms with Gasteiger partial charge in [0, 0.05) is 47.8 Å². The smallest absolute Gasteiger partial charge is 0.107 e. The van der Waals surface area contributed by atoms with Gasteiger partial charge in [0.2, 0.25) is 0 Å². The minimum atomic E-state index is 0.833. The summed E-state index contributed by atoms with van der Waals surface area (Å²) in [5, 5.41) is 8.09. The minimum absolute atomic E-state index is 0.833. The molecule has 0 saturated heterocycles. The number of nitrogens with one attached hydrogen (secondary N) is 1. The fourth-order valence-corrected chi connectivity index (χ4v) is 3.40. The second kappa shape index (κ2) is 5.38. The molecule has 0 spiro atoms. The van der Waals surface area contributed by atoms with Gasteiger partial charge in [-0.1, -0.05) is 18.2 Å². The highest BCUT2D eigenvalue weighted by molar-refractivity contribution is 7.09. The van der Waals surface area contributed by atoms with Gasteiger partial charge >= 0.3 is 0 Å². The third-order valence-corrected chi connectivity index (χ3v) is 4.71. The van der Waals surface area contributed by atoms with E-state index in [9.17, 15) is 0 Å². The Balaban J connectivity index is 1.77. The van der Waals surface area contributed by atoms with Gasteiger partial charge in [-0.15, -0.1) is 11.3 Å². The summed E-state index contributed by atoms with van der Waals surface area (Å²) in [5.74, 6) is 0. The van der Waals surface area contributed by atoms with Crippen LogP contribution >= 0.6 is 11.3 Å². The Morgan fingerprint density at radius 2 is 2.00 bits per heavy atom. The average molecular weight is 285 g/mol. The molecule has 104 valence electrons. The second-order valence-electron chi connectivity index (χ2n) is 5.13. The number of para-hydroxylation sites is 1. The van der Waals surface area contributed by atoms with Crippen LogP contribution in [0.25, 0.3) is 10.9 Å². The zero-order chi connectivity index (χ0) is 14.1. The van der Waals surface area contributed by atoms with E-state index >= 15 is 0 Å². The van der Waals surface area contributed by atoms with Crippen molar-refractivity contribution in [1.29, 1.82) is 0 Å². The number of hydrogen-bond acceptors (Lipinski definition) is 3.